The van der Waals surface area contributed by atoms with Crippen molar-refractivity contribution < 1.29 is 51.5 Å². The van der Waals surface area contributed by atoms with E-state index < -0.39 is 73.2 Å². The normalized spacial score (nSPS) is 13.7. The molecule has 144 valence electrons. The molecular formula is C8H11NO12S4. The highest BCUT2D eigenvalue weighted by Crippen LogP contribution is 2.30. The maximum atomic E-state index is 12.1. The second kappa shape index (κ2) is 6.76. The molecular weight excluding hydrogens is 430 g/mol. The highest BCUT2D eigenvalue weighted by Gasteiger charge is 2.30. The molecule has 0 heterocycles. The quantitative estimate of drug-likeness (QED) is 0.275. The van der Waals surface area contributed by atoms with E-state index in [4.69, 9.17) is 19.4 Å². The number of anilines is 1. The minimum absolute atomic E-state index is 0.122. The summed E-state index contributed by atoms with van der Waals surface area (Å²) in [5.41, 5.74) is 4.41. The molecule has 0 unspecified atom stereocenters. The molecule has 1 rings (SSSR count). The third-order valence-corrected chi connectivity index (χ3v) is 6.66. The monoisotopic (exact) mass is 441 g/mol. The average molecular weight is 441 g/mol. The predicted molar refractivity (Wildman–Crippen MR) is 80.0 cm³/mol. The van der Waals surface area contributed by atoms with Crippen molar-refractivity contribution in [3.8, 4) is 0 Å². The van der Waals surface area contributed by atoms with Gasteiger partial charge in [0, 0.05) is 0 Å². The first-order valence-corrected chi connectivity index (χ1v) is 11.6. The van der Waals surface area contributed by atoms with Crippen LogP contribution in [0.15, 0.2) is 26.8 Å². The predicted octanol–water partition coefficient (Wildman–Crippen LogP) is -1.64. The van der Waals surface area contributed by atoms with Gasteiger partial charge in [-0.2, -0.15) is 25.3 Å². The molecule has 1 aromatic carbocycles. The maximum Gasteiger partial charge on any atom is 0.397 e. The Morgan fingerprint density at radius 3 is 1.68 bits per heavy atom. The van der Waals surface area contributed by atoms with E-state index in [0.717, 1.165) is 0 Å². The minimum atomic E-state index is -5.29. The summed E-state index contributed by atoms with van der Waals surface area (Å²) < 4.78 is 120. The van der Waals surface area contributed by atoms with Gasteiger partial charge in [0.25, 0.3) is 20.2 Å². The van der Waals surface area contributed by atoms with Crippen LogP contribution < -0.4 is 5.73 Å². The molecule has 0 amide bonds. The summed E-state index contributed by atoms with van der Waals surface area (Å²) in [5, 5.41) is 0. The Bertz CT molecular complexity index is 1100. The van der Waals surface area contributed by atoms with Crippen molar-refractivity contribution >= 4 is 46.2 Å². The number of nitrogens with two attached hydrogens (primary N) is 1. The fourth-order valence-corrected chi connectivity index (χ4v) is 5.15. The number of sulfone groups is 1. The molecule has 5 N–H and O–H groups in total. The zero-order valence-electron chi connectivity index (χ0n) is 11.8. The molecule has 0 bridgehead atoms. The first-order valence-electron chi connectivity index (χ1n) is 5.68. The third-order valence-electron chi connectivity index (χ3n) is 2.55. The van der Waals surface area contributed by atoms with Crippen molar-refractivity contribution in [2.24, 2.45) is 0 Å². The van der Waals surface area contributed by atoms with Gasteiger partial charge in [0.15, 0.2) is 9.84 Å². The molecule has 0 saturated heterocycles. The van der Waals surface area contributed by atoms with Crippen LogP contribution in [0.4, 0.5) is 5.69 Å². The average Bonchev–Trinajstić information content (AvgIpc) is 2.33. The first-order chi connectivity index (χ1) is 11.0. The molecule has 0 saturated carbocycles. The van der Waals surface area contributed by atoms with Gasteiger partial charge in [-0.3, -0.25) is 13.7 Å². The summed E-state index contributed by atoms with van der Waals surface area (Å²) in [6, 6.07) is 0.464. The maximum absolute atomic E-state index is 12.1. The van der Waals surface area contributed by atoms with Crippen LogP contribution in [0.2, 0.25) is 0 Å². The standard InChI is InChI=1S/C8H11NO12S4/c9-5-3-7(22(10,11)2-1-21-25(18,19)20)8(24(15,16)17)4-6(5)23(12,13)14/h3-4H,1-2,9H2,(H,12,13,14)(H,15,16,17)(H,18,19,20). The number of nitrogen functional groups attached to an aromatic ring is 1. The van der Waals surface area contributed by atoms with Gasteiger partial charge < -0.3 is 5.73 Å². The Kier molecular flexibility index (Phi) is 5.87. The lowest BCUT2D eigenvalue weighted by atomic mass is 10.3. The molecule has 17 heteroatoms. The van der Waals surface area contributed by atoms with Gasteiger partial charge in [-0.05, 0) is 12.1 Å². The van der Waals surface area contributed by atoms with Crippen LogP contribution in [0, 0.1) is 0 Å². The highest BCUT2D eigenvalue weighted by atomic mass is 32.3. The summed E-state index contributed by atoms with van der Waals surface area (Å²) >= 11 is 0. The van der Waals surface area contributed by atoms with Crippen molar-refractivity contribution in [2.75, 3.05) is 18.1 Å². The molecule has 0 aliphatic rings. The number of benzene rings is 1. The smallest absolute Gasteiger partial charge is 0.397 e. The molecule has 0 fully saturated rings. The van der Waals surface area contributed by atoms with E-state index in [-0.39, 0.29) is 6.07 Å². The lowest BCUT2D eigenvalue weighted by Crippen LogP contribution is -2.19. The molecule has 1 aromatic rings. The number of hydrogen-bond donors (Lipinski definition) is 4. The van der Waals surface area contributed by atoms with E-state index in [9.17, 15) is 33.7 Å². The summed E-state index contributed by atoms with van der Waals surface area (Å²) in [6.45, 7) is -1.12. The Labute approximate surface area is 142 Å². The number of rotatable bonds is 7. The van der Waals surface area contributed by atoms with Gasteiger partial charge in [0.05, 0.1) is 22.9 Å². The number of hydrogen-bond acceptors (Lipinski definition) is 10. The van der Waals surface area contributed by atoms with E-state index in [1.165, 1.54) is 0 Å². The minimum Gasteiger partial charge on any atom is -0.398 e. The van der Waals surface area contributed by atoms with Crippen LogP contribution in [0.1, 0.15) is 0 Å². The van der Waals surface area contributed by atoms with Gasteiger partial charge in [-0.25, -0.2) is 12.6 Å². The zero-order valence-corrected chi connectivity index (χ0v) is 15.1. The van der Waals surface area contributed by atoms with Crippen LogP contribution >= 0.6 is 0 Å². The van der Waals surface area contributed by atoms with E-state index in [0.29, 0.717) is 6.07 Å². The Morgan fingerprint density at radius 1 is 0.800 bits per heavy atom. The van der Waals surface area contributed by atoms with Crippen LogP contribution in [0.25, 0.3) is 0 Å². The molecule has 0 aromatic heterocycles. The van der Waals surface area contributed by atoms with Crippen LogP contribution in [-0.2, 0) is 44.7 Å². The van der Waals surface area contributed by atoms with Gasteiger partial charge in [0.1, 0.15) is 9.79 Å². The van der Waals surface area contributed by atoms with Crippen LogP contribution in [0.5, 0.6) is 0 Å². The summed E-state index contributed by atoms with van der Waals surface area (Å²) in [7, 11) is -20.0. The van der Waals surface area contributed by atoms with Crippen LogP contribution in [-0.4, -0.2) is 59.7 Å². The van der Waals surface area contributed by atoms with E-state index in [1.807, 2.05) is 0 Å². The largest absolute Gasteiger partial charge is 0.398 e. The Morgan fingerprint density at radius 2 is 1.28 bits per heavy atom. The summed E-state index contributed by atoms with van der Waals surface area (Å²) in [5.74, 6) is -1.18. The molecule has 13 nitrogen and oxygen atoms in total. The molecule has 25 heavy (non-hydrogen) atoms. The summed E-state index contributed by atoms with van der Waals surface area (Å²) in [4.78, 5) is -3.76. The third kappa shape index (κ3) is 5.85. The lowest BCUT2D eigenvalue weighted by Gasteiger charge is -2.12. The van der Waals surface area contributed by atoms with Crippen molar-refractivity contribution in [1.82, 2.24) is 0 Å². The van der Waals surface area contributed by atoms with E-state index >= 15 is 0 Å². The second-order valence-electron chi connectivity index (χ2n) is 4.36. The van der Waals surface area contributed by atoms with Crippen molar-refractivity contribution in [2.45, 2.75) is 14.7 Å². The second-order valence-corrected chi connectivity index (χ2v) is 10.3. The fourth-order valence-electron chi connectivity index (χ4n) is 1.58. The molecule has 0 spiro atoms. The fraction of sp³-hybridized carbons (Fsp3) is 0.250. The van der Waals surface area contributed by atoms with E-state index in [2.05, 4.69) is 4.18 Å². The van der Waals surface area contributed by atoms with Crippen LogP contribution in [0.3, 0.4) is 0 Å². The van der Waals surface area contributed by atoms with Crippen molar-refractivity contribution in [1.29, 1.82) is 0 Å². The van der Waals surface area contributed by atoms with Crippen molar-refractivity contribution in [3.05, 3.63) is 12.1 Å². The Balaban J connectivity index is 3.57. The molecule has 0 atom stereocenters. The van der Waals surface area contributed by atoms with Crippen molar-refractivity contribution in [3.63, 3.8) is 0 Å². The topological polar surface area (TPSA) is 232 Å². The lowest BCUT2D eigenvalue weighted by molar-refractivity contribution is 0.283. The Hall–Kier alpha value is -1.34. The van der Waals surface area contributed by atoms with Gasteiger partial charge in [-0.15, -0.1) is 0 Å². The summed E-state index contributed by atoms with van der Waals surface area (Å²) in [6.07, 6.45) is 0. The van der Waals surface area contributed by atoms with Gasteiger partial charge in [0.2, 0.25) is 0 Å². The SMILES string of the molecule is Nc1cc(S(=O)(=O)CCOS(=O)(=O)O)c(S(=O)(=O)O)cc1S(=O)(=O)O. The molecule has 0 aliphatic heterocycles. The highest BCUT2D eigenvalue weighted by molar-refractivity contribution is 7.93. The van der Waals surface area contributed by atoms with E-state index in [1.54, 1.807) is 0 Å². The molecule has 0 aliphatic carbocycles. The molecule has 0 radical (unpaired) electrons. The zero-order chi connectivity index (χ0) is 19.8. The first kappa shape index (κ1) is 21.7. The van der Waals surface area contributed by atoms with Gasteiger partial charge >= 0.3 is 10.4 Å². The van der Waals surface area contributed by atoms with Gasteiger partial charge in [-0.1, -0.05) is 0 Å².